The largest absolute Gasteiger partial charge is 0.477 e. The van der Waals surface area contributed by atoms with Gasteiger partial charge < -0.3 is 91.5 Å². The lowest BCUT2D eigenvalue weighted by atomic mass is 9.77. The Kier molecular flexibility index (Phi) is 36.8. The zero-order valence-corrected chi connectivity index (χ0v) is 88.4. The molecular weight excluding hydrogens is 1910 g/mol. The van der Waals surface area contributed by atoms with Crippen molar-refractivity contribution in [2.45, 2.75) is 316 Å². The van der Waals surface area contributed by atoms with Crippen LogP contribution in [0.3, 0.4) is 0 Å². The van der Waals surface area contributed by atoms with E-state index < -0.39 is 69.4 Å². The van der Waals surface area contributed by atoms with Crippen LogP contribution in [0.25, 0.3) is 22.6 Å². The molecule has 8 atom stereocenters. The van der Waals surface area contributed by atoms with Crippen LogP contribution >= 0.6 is 23.2 Å². The molecule has 0 spiro atoms. The van der Waals surface area contributed by atoms with Crippen LogP contribution in [0.1, 0.15) is 300 Å². The average Bonchev–Trinajstić information content (AvgIpc) is 1.64. The van der Waals surface area contributed by atoms with E-state index in [0.29, 0.717) is 83.4 Å². The second-order valence-corrected chi connectivity index (χ2v) is 43.0. The van der Waals surface area contributed by atoms with Crippen molar-refractivity contribution < 1.29 is 73.3 Å². The number of carboxylic acids is 1. The van der Waals surface area contributed by atoms with Gasteiger partial charge in [0.25, 0.3) is 28.5 Å². The van der Waals surface area contributed by atoms with Gasteiger partial charge in [-0.2, -0.15) is 38.5 Å². The molecule has 0 radical (unpaired) electrons. The van der Waals surface area contributed by atoms with Crippen LogP contribution in [0.4, 0.5) is 66.4 Å². The molecule has 0 aliphatic heterocycles. The lowest BCUT2D eigenvalue weighted by molar-refractivity contribution is 0.000355. The van der Waals surface area contributed by atoms with Crippen molar-refractivity contribution in [3.8, 4) is 0 Å². The first-order chi connectivity index (χ1) is 67.5. The Balaban J connectivity index is 0.000000188. The fourth-order valence-corrected chi connectivity index (χ4v) is 17.7. The number of aromatic nitrogens is 15. The van der Waals surface area contributed by atoms with Gasteiger partial charge in [0.1, 0.15) is 90.1 Å². The maximum Gasteiger partial charge on any atom is 0.415 e. The van der Waals surface area contributed by atoms with Crippen molar-refractivity contribution in [1.29, 1.82) is 0 Å². The predicted octanol–water partition coefficient (Wildman–Crippen LogP) is 15.1. The summed E-state index contributed by atoms with van der Waals surface area (Å²) in [5, 5.41) is 82.1. The van der Waals surface area contributed by atoms with E-state index in [1.807, 2.05) is 55.4 Å². The number of nitrogens with two attached hydrogens (primary N) is 2. The third kappa shape index (κ3) is 30.7. The number of nitrogens with zero attached hydrogens (tertiary/aromatic N) is 18. The Hall–Kier alpha value is -13.2. The number of carbonyl (C=O) groups is 7. The van der Waals surface area contributed by atoms with Crippen LogP contribution in [0.15, 0.2) is 118 Å². The maximum absolute atomic E-state index is 13.4. The summed E-state index contributed by atoms with van der Waals surface area (Å²) in [6, 6.07) is 16.5. The quantitative estimate of drug-likeness (QED) is 0.0203. The number of carboxylic acid groups (broad SMARTS) is 1. The van der Waals surface area contributed by atoms with Crippen LogP contribution in [-0.2, 0) is 14.2 Å². The number of hydrogen-bond donors (Lipinski definition) is 12. The number of ether oxygens (including phenoxy) is 3. The van der Waals surface area contributed by atoms with E-state index in [9.17, 15) is 68.4 Å². The highest BCUT2D eigenvalue weighted by atomic mass is 35.5. The van der Waals surface area contributed by atoms with Gasteiger partial charge in [-0.1, -0.05) is 29.6 Å². The summed E-state index contributed by atoms with van der Waals surface area (Å²) < 4.78 is 26.6. The number of nitrogens with one attached hydrogen (secondary N) is 5. The number of ketones is 1. The third-order valence-electron chi connectivity index (χ3n) is 24.3. The van der Waals surface area contributed by atoms with Gasteiger partial charge in [-0.05, 0) is 270 Å². The van der Waals surface area contributed by atoms with Gasteiger partial charge in [0.05, 0.1) is 58.4 Å². The monoisotopic (exact) mass is 2050 g/mol. The van der Waals surface area contributed by atoms with E-state index in [-0.39, 0.29) is 126 Å². The van der Waals surface area contributed by atoms with E-state index in [0.717, 1.165) is 83.2 Å². The van der Waals surface area contributed by atoms with Crippen LogP contribution < -0.4 is 69.4 Å². The number of nitrogen functional groups attached to an aromatic ring is 1. The molecule has 4 fully saturated rings. The summed E-state index contributed by atoms with van der Waals surface area (Å²) in [6.07, 6.45) is 21.8. The Labute approximate surface area is 851 Å². The van der Waals surface area contributed by atoms with Crippen molar-refractivity contribution in [2.24, 2.45) is 11.7 Å². The smallest absolute Gasteiger partial charge is 0.415 e. The maximum atomic E-state index is 13.4. The molecule has 5 amide bonds. The fourth-order valence-electron chi connectivity index (χ4n) is 17.3. The molecule has 11 aromatic heterocycles. The average molecular weight is 2050 g/mol. The summed E-state index contributed by atoms with van der Waals surface area (Å²) in [6.45, 7) is 34.7. The van der Waals surface area contributed by atoms with Crippen molar-refractivity contribution in [3.63, 3.8) is 0 Å². The first-order valence-electron chi connectivity index (χ1n) is 48.4. The minimum Gasteiger partial charge on any atom is -0.477 e. The molecule has 0 saturated heterocycles. The van der Waals surface area contributed by atoms with E-state index in [1.54, 1.807) is 176 Å². The lowest BCUT2D eigenvalue weighted by Gasteiger charge is -2.34. The van der Waals surface area contributed by atoms with Gasteiger partial charge in [0.15, 0.2) is 28.4 Å². The second kappa shape index (κ2) is 46.9. The molecule has 43 nitrogen and oxygen atoms in total. The van der Waals surface area contributed by atoms with Crippen LogP contribution in [0.2, 0.25) is 10.3 Å². The highest BCUT2D eigenvalue weighted by Crippen LogP contribution is 2.38. The summed E-state index contributed by atoms with van der Waals surface area (Å²) >= 11 is 12.1. The first-order valence-corrected chi connectivity index (χ1v) is 49.2. The van der Waals surface area contributed by atoms with E-state index >= 15 is 0 Å². The molecule has 0 bridgehead atoms. The van der Waals surface area contributed by atoms with E-state index in [2.05, 4.69) is 66.9 Å². The predicted molar refractivity (Wildman–Crippen MR) is 556 cm³/mol. The number of halogens is 2. The zero-order chi connectivity index (χ0) is 107. The molecule has 11 aromatic rings. The van der Waals surface area contributed by atoms with Gasteiger partial charge in [-0.25, -0.2) is 39.1 Å². The highest BCUT2D eigenvalue weighted by molar-refractivity contribution is 6.30. The second-order valence-electron chi connectivity index (χ2n) is 42.2. The number of pyridine rings is 3. The number of aliphatic hydroxyl groups is 4. The summed E-state index contributed by atoms with van der Waals surface area (Å²) in [5.41, 5.74) is 8.33. The van der Waals surface area contributed by atoms with Crippen molar-refractivity contribution in [3.05, 3.63) is 168 Å². The molecule has 2 unspecified atom stereocenters. The zero-order valence-electron chi connectivity index (χ0n) is 86.9. The molecule has 14 N–H and O–H groups in total. The topological polar surface area (TPSA) is 557 Å². The Bertz CT molecular complexity index is 6670. The minimum atomic E-state index is -1.18. The molecule has 0 aromatic carbocycles. The molecule has 788 valence electrons. The molecular formula is C100H141Cl2N25O18. The number of amides is 5. The number of fused-ring (bicyclic) bond motifs is 4. The van der Waals surface area contributed by atoms with Crippen molar-refractivity contribution >= 4 is 140 Å². The fraction of sp³-hybridized carbons (Fsp3) is 0.540. The Morgan fingerprint density at radius 3 is 1.19 bits per heavy atom. The van der Waals surface area contributed by atoms with E-state index in [4.69, 9.17) is 54.0 Å². The lowest BCUT2D eigenvalue weighted by Crippen LogP contribution is -2.44. The number of Topliss-reactive ketones (excluding diaryl/α,β-unsaturated/α-hetero) is 1. The van der Waals surface area contributed by atoms with Gasteiger partial charge >= 0.3 is 24.2 Å². The SMILES string of the molecule is CC(C)n1cccc(N)c1=O.CC(C)n1cccc(Nc2cc(N(C)C(=O)OC(C)(C)C)n3ncc(C(=O)NC4CCC[C@@](C)(O)C4)c3n2)c1=O.CN(C(=O)OC(C)(C)C)c1cc(Cl)nc2c(C(=O)C[C@@H]3CCC[C@@](C)(O)C3)cnn12.CN(C(=O)OC(C)(C)C)c1cc(Cl)nc2c(C(=O)O)cnn12.CNc1cc(Nc2cccn(C(C)C)c2=O)nc2c(C(=O)NC3CCC[C@@](C)(O)C3)cnn12.C[C@]1(O)CCC[C@H](N)C1. The molecule has 15 rings (SSSR count). The molecule has 4 aliphatic rings. The first kappa shape index (κ1) is 114. The minimum absolute atomic E-state index is 0.0215. The number of carbonyl (C=O) groups excluding carboxylic acids is 6. The summed E-state index contributed by atoms with van der Waals surface area (Å²) in [7, 11) is 6.30. The molecule has 11 heterocycles. The van der Waals surface area contributed by atoms with Crippen molar-refractivity contribution in [2.75, 3.05) is 64.6 Å². The Morgan fingerprint density at radius 1 is 0.476 bits per heavy atom. The molecule has 45 heteroatoms. The van der Waals surface area contributed by atoms with Crippen molar-refractivity contribution in [1.82, 2.24) is 82.7 Å². The number of anilines is 9. The van der Waals surface area contributed by atoms with Gasteiger partial charge in [-0.3, -0.25) is 43.5 Å². The van der Waals surface area contributed by atoms with Gasteiger partial charge in [0, 0.05) is 114 Å². The summed E-state index contributed by atoms with van der Waals surface area (Å²) in [5.74, 6) is 0.284. The molecule has 4 saturated carbocycles. The summed E-state index contributed by atoms with van der Waals surface area (Å²) in [4.78, 5) is 146. The number of aromatic carboxylic acids is 1. The van der Waals surface area contributed by atoms with Gasteiger partial charge in [-0.15, -0.1) is 0 Å². The third-order valence-corrected chi connectivity index (χ3v) is 24.7. The number of hydrogen-bond acceptors (Lipinski definition) is 30. The normalized spacial score (nSPS) is 20.0. The standard InChI is InChI=1S/C28H39N7O5.C23H31N7O3.C21H29ClN4O4.C13H15ClN4O4.C8H12N2O.C7H15NO/c1-17(2)34-13-9-11-20(25(34)37)31-21-14-22(33(7)26(38)40-27(3,4)5)35-23(32-21)19(16-29-35)24(36)30-18-10-8-12-28(6,39)15-18;1-14(2)29-10-6-8-17(22(29)32)27-18-11-19(24-4)30-20(28-18)16(13-25-30)21(31)26-15-7-5-9-23(3,33)12-15;1-20(2,3)30-19(28)25(5)17-10-16(22)24-18-14(12-23-26(17)18)15(27)9-13-7-6-8-21(4,29)11-13;1-13(2,3)22-12(21)17(4)9-5-8(14)16-10-7(11(19)20)6-15-18(9)10;1-6(2)10-5-3-4-7(9)8(10)11;1-7(9)4-2-3-6(8)5-7/h9,11,13-14,16-18,39H,8,10,12,15H2,1-7H3,(H,30,36)(H,31,32);6,8,10-11,13-15,24,33H,5,7,9,12H2,1-4H3,(H,26,31)(H,27,28);10,12-13,29H,6-9,11H2,1-5H3;5-6H,1-4H3,(H,19,20);3-6H,9H2,1-2H3;6,9H,2-5,8H2,1H3/t18?,28-;15?,23-;13-,21+;;;6-,7-/m110..0/s1. The highest BCUT2D eigenvalue weighted by Gasteiger charge is 2.38. The van der Waals surface area contributed by atoms with Crippen LogP contribution in [0.5, 0.6) is 0 Å². The number of rotatable bonds is 19. The molecule has 4 aliphatic carbocycles. The van der Waals surface area contributed by atoms with Gasteiger partial charge in [0.2, 0.25) is 0 Å². The Morgan fingerprint density at radius 2 is 0.821 bits per heavy atom. The van der Waals surface area contributed by atoms with E-state index in [1.165, 1.54) is 73.1 Å². The molecule has 145 heavy (non-hydrogen) atoms. The van der Waals surface area contributed by atoms with Crippen LogP contribution in [0, 0.1) is 5.92 Å². The van der Waals surface area contributed by atoms with Crippen LogP contribution in [-0.4, -0.2) is 225 Å².